The number of amides is 1. The van der Waals surface area contributed by atoms with Crippen LogP contribution in [0.5, 0.6) is 51.7 Å². The maximum absolute atomic E-state index is 13.1. The molecule has 1 aliphatic heterocycles. The van der Waals surface area contributed by atoms with Gasteiger partial charge in [-0.1, -0.05) is 13.8 Å². The third kappa shape index (κ3) is 12.6. The second-order valence-corrected chi connectivity index (χ2v) is 13.2. The highest BCUT2D eigenvalue weighted by atomic mass is 16.5. The molecule has 0 bridgehead atoms. The van der Waals surface area contributed by atoms with E-state index >= 15 is 0 Å². The summed E-state index contributed by atoms with van der Waals surface area (Å²) in [5.41, 5.74) is 1.96. The van der Waals surface area contributed by atoms with Gasteiger partial charge >= 0.3 is 17.9 Å². The average molecular weight is 846 g/mol. The molecule has 0 saturated carbocycles. The van der Waals surface area contributed by atoms with Crippen molar-refractivity contribution in [1.82, 2.24) is 4.90 Å². The summed E-state index contributed by atoms with van der Waals surface area (Å²) in [6, 6.07) is 9.34. The topological polar surface area (TPSA) is 215 Å². The Kier molecular flexibility index (Phi) is 20.5. The van der Waals surface area contributed by atoms with Crippen molar-refractivity contribution in [2.24, 2.45) is 0 Å². The molecular formula is C43H59NO16. The number of rotatable bonds is 18. The van der Waals surface area contributed by atoms with Crippen molar-refractivity contribution >= 4 is 23.8 Å². The molecule has 17 nitrogen and oxygen atoms in total. The van der Waals surface area contributed by atoms with Crippen LogP contribution in [0.2, 0.25) is 0 Å². The zero-order valence-electron chi connectivity index (χ0n) is 36.2. The number of carbonyl (C=O) groups is 4. The van der Waals surface area contributed by atoms with Crippen LogP contribution in [0.1, 0.15) is 74.5 Å². The van der Waals surface area contributed by atoms with Gasteiger partial charge < -0.3 is 62.9 Å². The standard InChI is InChI=1S/C19H27NO6.C13H18O5.C11H14O5/c1-5-13(18(21)20-9-7-6-8-14(20)19(22)23)12-10-15(24-2)17(26-4)16(11-12)25-3;1-5-9(13(14)15)8-6-10(16-2)12(18-4)11(7-8)17-3;1-14-8-4-7(6-10(12)13)5-9(15-2)11(8)16-3/h10-11,13-14H,5-9H2,1-4H3,(H,22,23);6-7,9H,5H2,1-4H3,(H,14,15);4-5H,6H2,1-3H3,(H,12,13)/t13-,14-;9-;/m00./s1. The van der Waals surface area contributed by atoms with Crippen LogP contribution in [0.15, 0.2) is 36.4 Å². The van der Waals surface area contributed by atoms with Gasteiger partial charge in [0.1, 0.15) is 6.04 Å². The Bertz CT molecular complexity index is 1820. The largest absolute Gasteiger partial charge is 0.493 e. The highest BCUT2D eigenvalue weighted by molar-refractivity contribution is 5.88. The number of benzene rings is 3. The van der Waals surface area contributed by atoms with E-state index in [0.717, 1.165) is 18.4 Å². The molecule has 3 N–H and O–H groups in total. The predicted octanol–water partition coefficient (Wildman–Crippen LogP) is 6.30. The Morgan fingerprint density at radius 2 is 0.933 bits per heavy atom. The molecule has 1 amide bonds. The third-order valence-corrected chi connectivity index (χ3v) is 9.74. The van der Waals surface area contributed by atoms with Gasteiger partial charge in [-0.3, -0.25) is 14.4 Å². The molecule has 60 heavy (non-hydrogen) atoms. The lowest BCUT2D eigenvalue weighted by Gasteiger charge is -2.35. The molecule has 17 heteroatoms. The summed E-state index contributed by atoms with van der Waals surface area (Å²) >= 11 is 0. The molecule has 3 aromatic rings. The van der Waals surface area contributed by atoms with Gasteiger partial charge in [-0.05, 0) is 85.2 Å². The van der Waals surface area contributed by atoms with Crippen molar-refractivity contribution < 1.29 is 77.1 Å². The van der Waals surface area contributed by atoms with Crippen molar-refractivity contribution in [2.45, 2.75) is 70.3 Å². The van der Waals surface area contributed by atoms with Crippen LogP contribution < -0.4 is 42.6 Å². The van der Waals surface area contributed by atoms with Gasteiger partial charge in [0, 0.05) is 6.54 Å². The Balaban J connectivity index is 0.000000323. The van der Waals surface area contributed by atoms with Crippen molar-refractivity contribution in [1.29, 1.82) is 0 Å². The second kappa shape index (κ2) is 24.6. The normalized spacial score (nSPS) is 14.0. The second-order valence-electron chi connectivity index (χ2n) is 13.2. The van der Waals surface area contributed by atoms with Crippen LogP contribution in [0.25, 0.3) is 0 Å². The number of nitrogens with zero attached hydrogens (tertiary/aromatic N) is 1. The lowest BCUT2D eigenvalue weighted by atomic mass is 9.91. The van der Waals surface area contributed by atoms with Gasteiger partial charge in [0.2, 0.25) is 23.2 Å². The molecule has 1 heterocycles. The molecule has 1 aliphatic rings. The highest BCUT2D eigenvalue weighted by Gasteiger charge is 2.36. The summed E-state index contributed by atoms with van der Waals surface area (Å²) < 4.78 is 47.0. The smallest absolute Gasteiger partial charge is 0.326 e. The first-order valence-corrected chi connectivity index (χ1v) is 19.1. The first kappa shape index (κ1) is 49.9. The van der Waals surface area contributed by atoms with Crippen molar-refractivity contribution in [3.63, 3.8) is 0 Å². The number of carboxylic acids is 3. The summed E-state index contributed by atoms with van der Waals surface area (Å²) in [5.74, 6) is 0.220. The molecule has 3 aromatic carbocycles. The molecule has 0 spiro atoms. The third-order valence-electron chi connectivity index (χ3n) is 9.74. The van der Waals surface area contributed by atoms with E-state index in [1.807, 2.05) is 13.8 Å². The summed E-state index contributed by atoms with van der Waals surface area (Å²) in [4.78, 5) is 48.0. The summed E-state index contributed by atoms with van der Waals surface area (Å²) in [5, 5.41) is 27.3. The first-order chi connectivity index (χ1) is 28.7. The molecule has 0 aliphatic carbocycles. The quantitative estimate of drug-likeness (QED) is 0.128. The average Bonchev–Trinajstić information content (AvgIpc) is 3.25. The van der Waals surface area contributed by atoms with Gasteiger partial charge in [0.25, 0.3) is 0 Å². The number of likely N-dealkylation sites (tertiary alicyclic amines) is 1. The minimum absolute atomic E-state index is 0.0866. The number of carbonyl (C=O) groups excluding carboxylic acids is 1. The molecule has 0 radical (unpaired) electrons. The Hall–Kier alpha value is -6.26. The van der Waals surface area contributed by atoms with E-state index in [1.54, 1.807) is 36.4 Å². The number of methoxy groups -OCH3 is 9. The molecule has 0 aromatic heterocycles. The lowest BCUT2D eigenvalue weighted by molar-refractivity contribution is -0.152. The summed E-state index contributed by atoms with van der Waals surface area (Å²) in [6.45, 7) is 4.20. The van der Waals surface area contributed by atoms with Crippen LogP contribution in [-0.2, 0) is 25.6 Å². The predicted molar refractivity (Wildman–Crippen MR) is 220 cm³/mol. The minimum Gasteiger partial charge on any atom is -0.493 e. The molecule has 1 saturated heterocycles. The van der Waals surface area contributed by atoms with Gasteiger partial charge in [-0.15, -0.1) is 0 Å². The fourth-order valence-electron chi connectivity index (χ4n) is 6.78. The van der Waals surface area contributed by atoms with E-state index in [4.69, 9.17) is 52.8 Å². The van der Waals surface area contributed by atoms with E-state index in [0.29, 0.717) is 88.7 Å². The van der Waals surface area contributed by atoms with Crippen molar-refractivity contribution in [2.75, 3.05) is 70.5 Å². The molecule has 0 unspecified atom stereocenters. The minimum atomic E-state index is -0.946. The van der Waals surface area contributed by atoms with E-state index in [-0.39, 0.29) is 12.3 Å². The Morgan fingerprint density at radius 3 is 1.23 bits per heavy atom. The summed E-state index contributed by atoms with van der Waals surface area (Å²) in [7, 11) is 13.6. The van der Waals surface area contributed by atoms with Crippen molar-refractivity contribution in [3.05, 3.63) is 53.1 Å². The number of piperidine rings is 1. The van der Waals surface area contributed by atoms with Crippen molar-refractivity contribution in [3.8, 4) is 51.7 Å². The number of ether oxygens (including phenoxy) is 9. The zero-order valence-corrected chi connectivity index (χ0v) is 36.2. The number of hydrogen-bond donors (Lipinski definition) is 3. The maximum Gasteiger partial charge on any atom is 0.326 e. The SMILES string of the molecule is CC[C@H](C(=O)N1CCCC[C@H]1C(=O)O)c1cc(OC)c(OC)c(OC)c1.CC[C@H](C(=O)O)c1cc(OC)c(OC)c(OC)c1.COc1cc(CC(=O)O)cc(OC)c1OC. The van der Waals surface area contributed by atoms with E-state index in [9.17, 15) is 24.3 Å². The summed E-state index contributed by atoms with van der Waals surface area (Å²) in [6.07, 6.45) is 3.08. The van der Waals surface area contributed by atoms with Crippen LogP contribution >= 0.6 is 0 Å². The monoisotopic (exact) mass is 845 g/mol. The fraction of sp³-hybridized carbons (Fsp3) is 0.488. The van der Waals surface area contributed by atoms with Gasteiger partial charge in [0.05, 0.1) is 82.2 Å². The van der Waals surface area contributed by atoms with Gasteiger partial charge in [-0.2, -0.15) is 0 Å². The fourth-order valence-corrected chi connectivity index (χ4v) is 6.78. The highest BCUT2D eigenvalue weighted by Crippen LogP contribution is 2.43. The first-order valence-electron chi connectivity index (χ1n) is 19.1. The molecule has 1 fully saturated rings. The van der Waals surface area contributed by atoms with E-state index in [1.165, 1.54) is 68.9 Å². The lowest BCUT2D eigenvalue weighted by Crippen LogP contribution is -2.49. The number of aliphatic carboxylic acids is 3. The van der Waals surface area contributed by atoms with E-state index in [2.05, 4.69) is 0 Å². The Labute approximate surface area is 350 Å². The van der Waals surface area contributed by atoms with Crippen LogP contribution in [0.4, 0.5) is 0 Å². The zero-order chi connectivity index (χ0) is 45.1. The van der Waals surface area contributed by atoms with Crippen LogP contribution in [0, 0.1) is 0 Å². The van der Waals surface area contributed by atoms with Crippen LogP contribution in [0.3, 0.4) is 0 Å². The van der Waals surface area contributed by atoms with Gasteiger partial charge in [-0.25, -0.2) is 4.79 Å². The number of carboxylic acid groups (broad SMARTS) is 3. The molecule has 3 atom stereocenters. The van der Waals surface area contributed by atoms with E-state index < -0.39 is 35.8 Å². The maximum atomic E-state index is 13.1. The number of hydrogen-bond acceptors (Lipinski definition) is 13. The molecule has 4 rings (SSSR count). The molecular weight excluding hydrogens is 786 g/mol. The van der Waals surface area contributed by atoms with Gasteiger partial charge in [0.15, 0.2) is 34.5 Å². The molecule has 332 valence electrons. The Morgan fingerprint density at radius 1 is 0.567 bits per heavy atom. The van der Waals surface area contributed by atoms with Crippen LogP contribution in [-0.4, -0.2) is 121 Å².